The van der Waals surface area contributed by atoms with Crippen LogP contribution in [0.3, 0.4) is 0 Å². The van der Waals surface area contributed by atoms with E-state index in [0.29, 0.717) is 22.8 Å². The summed E-state index contributed by atoms with van der Waals surface area (Å²) in [7, 11) is 3.09. The average molecular weight is 291 g/mol. The Bertz CT molecular complexity index is 646. The number of ether oxygens (including phenoxy) is 3. The average Bonchev–Trinajstić information content (AvgIpc) is 2.46. The van der Waals surface area contributed by atoms with Crippen LogP contribution in [0.25, 0.3) is 0 Å². The minimum atomic E-state index is 0.189. The molecule has 2 aromatic rings. The van der Waals surface area contributed by atoms with Gasteiger partial charge in [-0.2, -0.15) is 5.26 Å². The molecule has 5 nitrogen and oxygen atoms in total. The first-order valence-electron chi connectivity index (χ1n) is 5.63. The van der Waals surface area contributed by atoms with Crippen molar-refractivity contribution in [1.29, 1.82) is 5.26 Å². The van der Waals surface area contributed by atoms with Gasteiger partial charge in [0.05, 0.1) is 25.9 Å². The standard InChI is InChI=1S/C14H11ClN2O3/c1-18-10-5-11(19-2)7-12(6-10)20-14-4-9(8-16)3-13(15)17-14/h3-7H,1-2H3. The van der Waals surface area contributed by atoms with E-state index in [4.69, 9.17) is 31.1 Å². The molecule has 0 unspecified atom stereocenters. The van der Waals surface area contributed by atoms with Gasteiger partial charge in [0.1, 0.15) is 22.4 Å². The lowest BCUT2D eigenvalue weighted by atomic mass is 10.3. The molecule has 0 fully saturated rings. The minimum Gasteiger partial charge on any atom is -0.496 e. The second-order valence-electron chi connectivity index (χ2n) is 3.78. The summed E-state index contributed by atoms with van der Waals surface area (Å²) in [5, 5.41) is 9.07. The molecule has 0 bridgehead atoms. The molecule has 1 aromatic heterocycles. The molecular weight excluding hydrogens is 280 g/mol. The smallest absolute Gasteiger partial charge is 0.221 e. The summed E-state index contributed by atoms with van der Waals surface area (Å²) in [5.74, 6) is 1.87. The lowest BCUT2D eigenvalue weighted by Gasteiger charge is -2.09. The highest BCUT2D eigenvalue weighted by molar-refractivity contribution is 6.29. The van der Waals surface area contributed by atoms with Crippen LogP contribution < -0.4 is 14.2 Å². The van der Waals surface area contributed by atoms with Crippen molar-refractivity contribution in [2.24, 2.45) is 0 Å². The van der Waals surface area contributed by atoms with Crippen LogP contribution >= 0.6 is 11.6 Å². The van der Waals surface area contributed by atoms with Crippen molar-refractivity contribution in [3.63, 3.8) is 0 Å². The number of benzene rings is 1. The molecule has 0 atom stereocenters. The molecule has 0 saturated carbocycles. The van der Waals surface area contributed by atoms with Gasteiger partial charge in [-0.25, -0.2) is 4.98 Å². The molecule has 1 heterocycles. The number of rotatable bonds is 4. The molecule has 2 rings (SSSR count). The highest BCUT2D eigenvalue weighted by atomic mass is 35.5. The van der Waals surface area contributed by atoms with Gasteiger partial charge in [-0.05, 0) is 6.07 Å². The summed E-state index contributed by atoms with van der Waals surface area (Å²) in [5.41, 5.74) is 0.370. The monoisotopic (exact) mass is 290 g/mol. The topological polar surface area (TPSA) is 64.4 Å². The lowest BCUT2D eigenvalue weighted by Crippen LogP contribution is -1.92. The molecule has 0 N–H and O–H groups in total. The molecule has 6 heteroatoms. The Morgan fingerprint density at radius 3 is 2.15 bits per heavy atom. The maximum Gasteiger partial charge on any atom is 0.221 e. The normalized spacial score (nSPS) is 9.70. The fourth-order valence-corrected chi connectivity index (χ4v) is 1.75. The predicted molar refractivity (Wildman–Crippen MR) is 73.6 cm³/mol. The zero-order chi connectivity index (χ0) is 14.5. The molecule has 0 amide bonds. The number of pyridine rings is 1. The summed E-state index contributed by atoms with van der Waals surface area (Å²) in [6.07, 6.45) is 0. The maximum atomic E-state index is 8.88. The first kappa shape index (κ1) is 14.0. The minimum absolute atomic E-state index is 0.189. The maximum absolute atomic E-state index is 8.88. The third kappa shape index (κ3) is 3.31. The van der Waals surface area contributed by atoms with E-state index in [1.165, 1.54) is 12.1 Å². The zero-order valence-electron chi connectivity index (χ0n) is 10.9. The van der Waals surface area contributed by atoms with Gasteiger partial charge in [0.2, 0.25) is 5.88 Å². The SMILES string of the molecule is COc1cc(OC)cc(Oc2cc(C#N)cc(Cl)n2)c1. The first-order chi connectivity index (χ1) is 9.64. The third-order valence-corrected chi connectivity index (χ3v) is 2.64. The van der Waals surface area contributed by atoms with Crippen molar-refractivity contribution in [3.8, 4) is 29.2 Å². The number of nitriles is 1. The molecule has 0 spiro atoms. The summed E-state index contributed by atoms with van der Waals surface area (Å²) in [6, 6.07) is 10.0. The van der Waals surface area contributed by atoms with Gasteiger partial charge in [0, 0.05) is 24.3 Å². The number of hydrogen-bond acceptors (Lipinski definition) is 5. The third-order valence-electron chi connectivity index (χ3n) is 2.45. The van der Waals surface area contributed by atoms with E-state index in [0.717, 1.165) is 0 Å². The first-order valence-corrected chi connectivity index (χ1v) is 6.01. The number of aromatic nitrogens is 1. The van der Waals surface area contributed by atoms with Crippen LogP contribution in [0.15, 0.2) is 30.3 Å². The summed E-state index contributed by atoms with van der Waals surface area (Å²) in [6.45, 7) is 0. The molecule has 0 aliphatic rings. The number of halogens is 1. The Kier molecular flexibility index (Phi) is 4.28. The molecule has 0 aliphatic heterocycles. The Morgan fingerprint density at radius 1 is 1.00 bits per heavy atom. The van der Waals surface area contributed by atoms with E-state index in [-0.39, 0.29) is 11.0 Å². The van der Waals surface area contributed by atoms with E-state index in [9.17, 15) is 0 Å². The highest BCUT2D eigenvalue weighted by Crippen LogP contribution is 2.30. The van der Waals surface area contributed by atoms with E-state index in [2.05, 4.69) is 4.98 Å². The Labute approximate surface area is 121 Å². The summed E-state index contributed by atoms with van der Waals surface area (Å²) < 4.78 is 15.9. The predicted octanol–water partition coefficient (Wildman–Crippen LogP) is 3.42. The fraction of sp³-hybridized carbons (Fsp3) is 0.143. The van der Waals surface area contributed by atoms with Crippen LogP contribution in [0.4, 0.5) is 0 Å². The largest absolute Gasteiger partial charge is 0.496 e. The Morgan fingerprint density at radius 2 is 1.60 bits per heavy atom. The van der Waals surface area contributed by atoms with Gasteiger partial charge >= 0.3 is 0 Å². The van der Waals surface area contributed by atoms with Crippen molar-refractivity contribution in [3.05, 3.63) is 41.0 Å². The van der Waals surface area contributed by atoms with Crippen LogP contribution in [0.1, 0.15) is 5.56 Å². The van der Waals surface area contributed by atoms with Gasteiger partial charge in [-0.15, -0.1) is 0 Å². The molecule has 0 radical (unpaired) electrons. The molecule has 102 valence electrons. The Hall–Kier alpha value is -2.45. The summed E-state index contributed by atoms with van der Waals surface area (Å²) >= 11 is 5.82. The number of methoxy groups -OCH3 is 2. The van der Waals surface area contributed by atoms with Crippen molar-refractivity contribution < 1.29 is 14.2 Å². The quantitative estimate of drug-likeness (QED) is 0.807. The second kappa shape index (κ2) is 6.13. The second-order valence-corrected chi connectivity index (χ2v) is 4.17. The van der Waals surface area contributed by atoms with Crippen molar-refractivity contribution >= 4 is 11.6 Å². The number of nitrogens with zero attached hydrogens (tertiary/aromatic N) is 2. The van der Waals surface area contributed by atoms with Crippen molar-refractivity contribution in [1.82, 2.24) is 4.98 Å². The van der Waals surface area contributed by atoms with E-state index < -0.39 is 0 Å². The molecule has 1 aromatic carbocycles. The summed E-state index contributed by atoms with van der Waals surface area (Å²) in [4.78, 5) is 4.00. The zero-order valence-corrected chi connectivity index (χ0v) is 11.6. The molecule has 0 aliphatic carbocycles. The van der Waals surface area contributed by atoms with Gasteiger partial charge in [0.25, 0.3) is 0 Å². The van der Waals surface area contributed by atoms with Gasteiger partial charge in [-0.3, -0.25) is 0 Å². The highest BCUT2D eigenvalue weighted by Gasteiger charge is 2.07. The molecule has 20 heavy (non-hydrogen) atoms. The van der Waals surface area contributed by atoms with Crippen LogP contribution in [-0.4, -0.2) is 19.2 Å². The van der Waals surface area contributed by atoms with E-state index in [1.807, 2.05) is 6.07 Å². The Balaban J connectivity index is 2.34. The van der Waals surface area contributed by atoms with Gasteiger partial charge < -0.3 is 14.2 Å². The fourth-order valence-electron chi connectivity index (χ4n) is 1.55. The van der Waals surface area contributed by atoms with Crippen molar-refractivity contribution in [2.75, 3.05) is 14.2 Å². The molecular formula is C14H11ClN2O3. The number of hydrogen-bond donors (Lipinski definition) is 0. The van der Waals surface area contributed by atoms with E-state index >= 15 is 0 Å². The van der Waals surface area contributed by atoms with Gasteiger partial charge in [-0.1, -0.05) is 11.6 Å². The van der Waals surface area contributed by atoms with Crippen LogP contribution in [-0.2, 0) is 0 Å². The van der Waals surface area contributed by atoms with Crippen LogP contribution in [0.5, 0.6) is 23.1 Å². The van der Waals surface area contributed by atoms with Gasteiger partial charge in [0.15, 0.2) is 0 Å². The van der Waals surface area contributed by atoms with Crippen LogP contribution in [0.2, 0.25) is 5.15 Å². The van der Waals surface area contributed by atoms with E-state index in [1.54, 1.807) is 32.4 Å². The van der Waals surface area contributed by atoms with Crippen LogP contribution in [0, 0.1) is 11.3 Å². The molecule has 0 saturated heterocycles. The van der Waals surface area contributed by atoms with Crippen molar-refractivity contribution in [2.45, 2.75) is 0 Å². The lowest BCUT2D eigenvalue weighted by molar-refractivity contribution is 0.385.